The number of hydrogen-bond donors (Lipinski definition) is 2. The molecule has 3 aromatic rings. The average Bonchev–Trinajstić information content (AvgIpc) is 2.67. The lowest BCUT2D eigenvalue weighted by Crippen LogP contribution is -2.41. The van der Waals surface area contributed by atoms with Gasteiger partial charge in [-0.15, -0.1) is 0 Å². The van der Waals surface area contributed by atoms with Gasteiger partial charge < -0.3 is 10.6 Å². The summed E-state index contributed by atoms with van der Waals surface area (Å²) in [5, 5.41) is 18.2. The summed E-state index contributed by atoms with van der Waals surface area (Å²) in [4.78, 5) is 34.8. The Bertz CT molecular complexity index is 1030. The van der Waals surface area contributed by atoms with Gasteiger partial charge in [-0.25, -0.2) is 0 Å². The van der Waals surface area contributed by atoms with Crippen LogP contribution in [0.5, 0.6) is 0 Å². The van der Waals surface area contributed by atoms with E-state index in [2.05, 4.69) is 10.6 Å². The van der Waals surface area contributed by atoms with E-state index in [1.54, 1.807) is 13.0 Å². The quantitative estimate of drug-likeness (QED) is 0.535. The van der Waals surface area contributed by atoms with Crippen LogP contribution in [0.4, 0.5) is 11.4 Å². The van der Waals surface area contributed by atoms with E-state index in [-0.39, 0.29) is 17.2 Å². The molecular formula is C20H17N3O4. The van der Waals surface area contributed by atoms with Crippen LogP contribution >= 0.6 is 0 Å². The third-order valence-electron chi connectivity index (χ3n) is 4.08. The SMILES string of the molecule is C[C@H](NC(=O)c1cccc([N+](=O)[O-])c1)C(=O)Nc1ccc2ccccc2c1. The van der Waals surface area contributed by atoms with Gasteiger partial charge >= 0.3 is 0 Å². The molecule has 3 rings (SSSR count). The fraction of sp³-hybridized carbons (Fsp3) is 0.100. The molecule has 0 saturated carbocycles. The Morgan fingerprint density at radius 1 is 0.963 bits per heavy atom. The highest BCUT2D eigenvalue weighted by atomic mass is 16.6. The number of nitro benzene ring substituents is 1. The molecule has 0 bridgehead atoms. The molecule has 7 nitrogen and oxygen atoms in total. The molecule has 2 amide bonds. The van der Waals surface area contributed by atoms with E-state index in [1.807, 2.05) is 36.4 Å². The number of carbonyl (C=O) groups is 2. The van der Waals surface area contributed by atoms with Crippen molar-refractivity contribution in [2.45, 2.75) is 13.0 Å². The number of carbonyl (C=O) groups excluding carboxylic acids is 2. The molecule has 0 spiro atoms. The normalized spacial score (nSPS) is 11.6. The predicted molar refractivity (Wildman–Crippen MR) is 103 cm³/mol. The van der Waals surface area contributed by atoms with Gasteiger partial charge in [0.1, 0.15) is 6.04 Å². The van der Waals surface area contributed by atoms with Crippen LogP contribution in [0.25, 0.3) is 10.8 Å². The Labute approximate surface area is 155 Å². The maximum Gasteiger partial charge on any atom is 0.270 e. The molecular weight excluding hydrogens is 346 g/mol. The smallest absolute Gasteiger partial charge is 0.270 e. The van der Waals surface area contributed by atoms with E-state index >= 15 is 0 Å². The largest absolute Gasteiger partial charge is 0.341 e. The summed E-state index contributed by atoms with van der Waals surface area (Å²) in [7, 11) is 0. The van der Waals surface area contributed by atoms with Gasteiger partial charge in [-0.05, 0) is 35.9 Å². The summed E-state index contributed by atoms with van der Waals surface area (Å²) >= 11 is 0. The van der Waals surface area contributed by atoms with Crippen LogP contribution in [0.2, 0.25) is 0 Å². The molecule has 0 fully saturated rings. The Morgan fingerprint density at radius 3 is 2.44 bits per heavy atom. The molecule has 2 N–H and O–H groups in total. The van der Waals surface area contributed by atoms with Gasteiger partial charge in [0.15, 0.2) is 0 Å². The van der Waals surface area contributed by atoms with Gasteiger partial charge in [0, 0.05) is 23.4 Å². The first kappa shape index (κ1) is 18.1. The standard InChI is InChI=1S/C20H17N3O4/c1-13(21-20(25)16-7-4-8-18(12-16)23(26)27)19(24)22-17-10-9-14-5-2-3-6-15(14)11-17/h2-13H,1H3,(H,21,25)(H,22,24)/t13-/m0/s1. The zero-order valence-electron chi connectivity index (χ0n) is 14.5. The number of hydrogen-bond acceptors (Lipinski definition) is 4. The Hall–Kier alpha value is -3.74. The molecule has 0 aromatic heterocycles. The van der Waals surface area contributed by atoms with E-state index in [0.717, 1.165) is 10.8 Å². The van der Waals surface area contributed by atoms with Crippen LogP contribution in [0.1, 0.15) is 17.3 Å². The van der Waals surface area contributed by atoms with Gasteiger partial charge in [-0.2, -0.15) is 0 Å². The summed E-state index contributed by atoms with van der Waals surface area (Å²) in [6.45, 7) is 1.55. The van der Waals surface area contributed by atoms with E-state index in [0.29, 0.717) is 5.69 Å². The first-order valence-corrected chi connectivity index (χ1v) is 8.29. The summed E-state index contributed by atoms with van der Waals surface area (Å²) in [5.74, 6) is -0.941. The monoisotopic (exact) mass is 363 g/mol. The second-order valence-electron chi connectivity index (χ2n) is 6.05. The zero-order chi connectivity index (χ0) is 19.4. The van der Waals surface area contributed by atoms with Crippen LogP contribution in [0.15, 0.2) is 66.7 Å². The lowest BCUT2D eigenvalue weighted by molar-refractivity contribution is -0.384. The van der Waals surface area contributed by atoms with Crippen LogP contribution in [0.3, 0.4) is 0 Å². The van der Waals surface area contributed by atoms with Crippen LogP contribution < -0.4 is 10.6 Å². The second-order valence-corrected chi connectivity index (χ2v) is 6.05. The minimum Gasteiger partial charge on any atom is -0.341 e. The highest BCUT2D eigenvalue weighted by molar-refractivity contribution is 6.02. The molecule has 136 valence electrons. The Balaban J connectivity index is 1.66. The highest BCUT2D eigenvalue weighted by Crippen LogP contribution is 2.19. The molecule has 0 radical (unpaired) electrons. The number of rotatable bonds is 5. The van der Waals surface area contributed by atoms with Crippen molar-refractivity contribution in [2.24, 2.45) is 0 Å². The summed E-state index contributed by atoms with van der Waals surface area (Å²) < 4.78 is 0. The van der Waals surface area contributed by atoms with Crippen LogP contribution in [-0.4, -0.2) is 22.8 Å². The van der Waals surface area contributed by atoms with E-state index in [4.69, 9.17) is 0 Å². The lowest BCUT2D eigenvalue weighted by Gasteiger charge is -2.14. The van der Waals surface area contributed by atoms with Crippen LogP contribution in [0, 0.1) is 10.1 Å². The van der Waals surface area contributed by atoms with Gasteiger partial charge in [0.05, 0.1) is 4.92 Å². The number of amides is 2. The first-order valence-electron chi connectivity index (χ1n) is 8.29. The summed E-state index contributed by atoms with van der Waals surface area (Å²) in [6.07, 6.45) is 0. The topological polar surface area (TPSA) is 101 Å². The predicted octanol–water partition coefficient (Wildman–Crippen LogP) is 3.51. The number of benzene rings is 3. The molecule has 7 heteroatoms. The minimum absolute atomic E-state index is 0.120. The van der Waals surface area contributed by atoms with E-state index in [1.165, 1.54) is 24.3 Å². The molecule has 3 aromatic carbocycles. The fourth-order valence-corrected chi connectivity index (χ4v) is 2.62. The third kappa shape index (κ3) is 4.27. The number of anilines is 1. The number of nitro groups is 1. The third-order valence-corrected chi connectivity index (χ3v) is 4.08. The van der Waals surface area contributed by atoms with Crippen molar-refractivity contribution in [1.82, 2.24) is 5.32 Å². The van der Waals surface area contributed by atoms with Crippen molar-refractivity contribution in [3.63, 3.8) is 0 Å². The van der Waals surface area contributed by atoms with Crippen molar-refractivity contribution in [3.05, 3.63) is 82.4 Å². The van der Waals surface area contributed by atoms with Crippen molar-refractivity contribution in [1.29, 1.82) is 0 Å². The summed E-state index contributed by atoms with van der Waals surface area (Å²) in [6, 6.07) is 17.8. The van der Waals surface area contributed by atoms with Crippen LogP contribution in [-0.2, 0) is 4.79 Å². The number of nitrogens with zero attached hydrogens (tertiary/aromatic N) is 1. The van der Waals surface area contributed by atoms with E-state index in [9.17, 15) is 19.7 Å². The molecule has 0 unspecified atom stereocenters. The lowest BCUT2D eigenvalue weighted by atomic mass is 10.1. The Kier molecular flexibility index (Phi) is 5.12. The first-order chi connectivity index (χ1) is 12.9. The van der Waals surface area contributed by atoms with Crippen molar-refractivity contribution in [2.75, 3.05) is 5.32 Å². The maximum atomic E-state index is 12.4. The zero-order valence-corrected chi connectivity index (χ0v) is 14.5. The summed E-state index contributed by atoms with van der Waals surface area (Å²) in [5.41, 5.74) is 0.556. The van der Waals surface area contributed by atoms with Gasteiger partial charge in [0.2, 0.25) is 5.91 Å². The van der Waals surface area contributed by atoms with E-state index < -0.39 is 16.9 Å². The number of fused-ring (bicyclic) bond motifs is 1. The highest BCUT2D eigenvalue weighted by Gasteiger charge is 2.18. The van der Waals surface area contributed by atoms with Gasteiger partial charge in [-0.1, -0.05) is 36.4 Å². The second kappa shape index (κ2) is 7.65. The maximum absolute atomic E-state index is 12.4. The molecule has 0 saturated heterocycles. The molecule has 0 heterocycles. The van der Waals surface area contributed by atoms with Crippen molar-refractivity contribution >= 4 is 34.0 Å². The van der Waals surface area contributed by atoms with Crippen molar-refractivity contribution < 1.29 is 14.5 Å². The van der Waals surface area contributed by atoms with Gasteiger partial charge in [-0.3, -0.25) is 19.7 Å². The minimum atomic E-state index is -0.816. The number of non-ortho nitro benzene ring substituents is 1. The molecule has 0 aliphatic carbocycles. The molecule has 1 atom stereocenters. The molecule has 27 heavy (non-hydrogen) atoms. The molecule has 0 aliphatic heterocycles. The fourth-order valence-electron chi connectivity index (χ4n) is 2.62. The number of nitrogens with one attached hydrogen (secondary N) is 2. The van der Waals surface area contributed by atoms with Crippen molar-refractivity contribution in [3.8, 4) is 0 Å². The average molecular weight is 363 g/mol. The Morgan fingerprint density at radius 2 is 1.70 bits per heavy atom. The van der Waals surface area contributed by atoms with Gasteiger partial charge in [0.25, 0.3) is 11.6 Å². The molecule has 0 aliphatic rings.